The molecule has 1 aromatic carbocycles. The number of nitrogens with one attached hydrogen (secondary N) is 2. The van der Waals surface area contributed by atoms with Crippen molar-refractivity contribution in [3.8, 4) is 5.75 Å². The molecule has 1 aromatic heterocycles. The van der Waals surface area contributed by atoms with Crippen LogP contribution in [-0.4, -0.2) is 66.1 Å². The molecule has 0 spiro atoms. The van der Waals surface area contributed by atoms with Crippen LogP contribution in [-0.2, 0) is 37.6 Å². The van der Waals surface area contributed by atoms with Crippen LogP contribution in [0.1, 0.15) is 18.5 Å². The average molecular weight is 503 g/mol. The number of benzene rings is 1. The molecule has 1 saturated heterocycles. The van der Waals surface area contributed by atoms with Crippen molar-refractivity contribution in [3.63, 3.8) is 0 Å². The molecule has 13 heteroatoms. The van der Waals surface area contributed by atoms with E-state index >= 15 is 0 Å². The van der Waals surface area contributed by atoms with E-state index in [4.69, 9.17) is 14.7 Å². The summed E-state index contributed by atoms with van der Waals surface area (Å²) in [4.78, 5) is 28.2. The highest BCUT2D eigenvalue weighted by atomic mass is 35.5. The van der Waals surface area contributed by atoms with Crippen LogP contribution in [0.25, 0.3) is 0 Å². The van der Waals surface area contributed by atoms with Crippen molar-refractivity contribution in [2.45, 2.75) is 28.9 Å². The Morgan fingerprint density at radius 3 is 2.48 bits per heavy atom. The molecule has 0 bridgehead atoms. The summed E-state index contributed by atoms with van der Waals surface area (Å²) in [5.41, 5.74) is 2.15. The zero-order valence-corrected chi connectivity index (χ0v) is 19.7. The summed E-state index contributed by atoms with van der Waals surface area (Å²) in [6.07, 6.45) is 3.44. The first kappa shape index (κ1) is 26.6. The van der Waals surface area contributed by atoms with Crippen molar-refractivity contribution in [3.05, 3.63) is 42.5 Å². The van der Waals surface area contributed by atoms with Gasteiger partial charge in [-0.05, 0) is 37.1 Å². The number of carbonyl (C=O) groups is 2. The van der Waals surface area contributed by atoms with Crippen LogP contribution in [0.15, 0.2) is 41.7 Å². The number of amides is 2. The molecule has 0 saturated carbocycles. The highest BCUT2D eigenvalue weighted by Gasteiger charge is 2.52. The monoisotopic (exact) mass is 502 g/mol. The molecular weight excluding hydrogens is 476 g/mol. The highest BCUT2D eigenvalue weighted by molar-refractivity contribution is 7.93. The van der Waals surface area contributed by atoms with Gasteiger partial charge in [0, 0.05) is 26.5 Å². The molecule has 0 atom stereocenters. The van der Waals surface area contributed by atoms with Gasteiger partial charge in [-0.3, -0.25) is 14.8 Å². The maximum absolute atomic E-state index is 13.2. The molecule has 1 fully saturated rings. The van der Waals surface area contributed by atoms with E-state index in [1.165, 1.54) is 29.7 Å². The Kier molecular flexibility index (Phi) is 9.23. The summed E-state index contributed by atoms with van der Waals surface area (Å²) < 4.78 is 37.1. The number of hydrogen-bond acceptors (Lipinski definition) is 8. The number of aryl methyl sites for hydroxylation is 1. The maximum atomic E-state index is 13.2. The molecule has 3 rings (SSSR count). The first-order valence-electron chi connectivity index (χ1n) is 10.0. The van der Waals surface area contributed by atoms with Crippen LogP contribution in [0.3, 0.4) is 0 Å². The molecule has 0 unspecified atom stereocenters. The van der Waals surface area contributed by atoms with Crippen LogP contribution in [0, 0.1) is 0 Å². The Bertz CT molecular complexity index is 1050. The van der Waals surface area contributed by atoms with E-state index in [9.17, 15) is 18.0 Å². The predicted octanol–water partition coefficient (Wildman–Crippen LogP) is 0.408. The number of sulfone groups is 1. The lowest BCUT2D eigenvalue weighted by Crippen LogP contribution is -2.54. The minimum absolute atomic E-state index is 0. The van der Waals surface area contributed by atoms with Gasteiger partial charge in [-0.2, -0.15) is 0 Å². The number of halogens is 1. The van der Waals surface area contributed by atoms with E-state index in [1.54, 1.807) is 17.1 Å². The van der Waals surface area contributed by atoms with Crippen molar-refractivity contribution >= 4 is 34.1 Å². The van der Waals surface area contributed by atoms with Gasteiger partial charge in [0.2, 0.25) is 5.91 Å². The standard InChI is InChI=1S/C20H26N4O7S.ClH/c1-24-13-15(22-14-24)12-18(25)21-8-11-31-16-2-4-17(5-3-16)32(28,29)20(19(26)23-27)6-9-30-10-7-20;/h2-5,13-14,27H,6-12H2,1H3,(H,21,25)(H,23,26);1H. The summed E-state index contributed by atoms with van der Waals surface area (Å²) in [7, 11) is -2.27. The fourth-order valence-electron chi connectivity index (χ4n) is 3.51. The van der Waals surface area contributed by atoms with E-state index in [-0.39, 0.29) is 68.8 Å². The van der Waals surface area contributed by atoms with E-state index in [1.807, 2.05) is 7.05 Å². The number of hydrogen-bond donors (Lipinski definition) is 3. The third-order valence-corrected chi connectivity index (χ3v) is 7.77. The molecule has 0 radical (unpaired) electrons. The van der Waals surface area contributed by atoms with Crippen LogP contribution < -0.4 is 15.5 Å². The normalized spacial score (nSPS) is 15.2. The summed E-state index contributed by atoms with van der Waals surface area (Å²) in [5, 5.41) is 11.8. The summed E-state index contributed by atoms with van der Waals surface area (Å²) in [6, 6.07) is 5.66. The quantitative estimate of drug-likeness (QED) is 0.253. The molecule has 33 heavy (non-hydrogen) atoms. The van der Waals surface area contributed by atoms with Gasteiger partial charge in [-0.1, -0.05) is 0 Å². The molecule has 2 aromatic rings. The Hall–Kier alpha value is -2.67. The molecule has 1 aliphatic heterocycles. The smallest absolute Gasteiger partial charge is 0.265 e. The summed E-state index contributed by atoms with van der Waals surface area (Å²) in [5.74, 6) is -0.740. The van der Waals surface area contributed by atoms with E-state index in [0.29, 0.717) is 11.4 Å². The lowest BCUT2D eigenvalue weighted by atomic mass is 9.98. The first-order valence-corrected chi connectivity index (χ1v) is 11.5. The van der Waals surface area contributed by atoms with Crippen LogP contribution in [0.2, 0.25) is 0 Å². The van der Waals surface area contributed by atoms with E-state index in [2.05, 4.69) is 10.3 Å². The zero-order chi connectivity index (χ0) is 23.2. The van der Waals surface area contributed by atoms with Gasteiger partial charge in [0.05, 0.1) is 29.9 Å². The van der Waals surface area contributed by atoms with Crippen LogP contribution >= 0.6 is 12.4 Å². The first-order chi connectivity index (χ1) is 15.3. The predicted molar refractivity (Wildman–Crippen MR) is 119 cm³/mol. The second kappa shape index (κ2) is 11.5. The second-order valence-corrected chi connectivity index (χ2v) is 9.69. The van der Waals surface area contributed by atoms with Crippen LogP contribution in [0.4, 0.5) is 0 Å². The third-order valence-electron chi connectivity index (χ3n) is 5.26. The molecule has 11 nitrogen and oxygen atoms in total. The Labute approximate surface area is 197 Å². The van der Waals surface area contributed by atoms with Gasteiger partial charge in [-0.15, -0.1) is 12.4 Å². The van der Waals surface area contributed by atoms with Gasteiger partial charge < -0.3 is 19.4 Å². The zero-order valence-electron chi connectivity index (χ0n) is 18.0. The Morgan fingerprint density at radius 1 is 1.24 bits per heavy atom. The van der Waals surface area contributed by atoms with E-state index < -0.39 is 20.5 Å². The number of rotatable bonds is 9. The molecule has 3 N–H and O–H groups in total. The number of ether oxygens (including phenoxy) is 2. The molecule has 182 valence electrons. The largest absolute Gasteiger partial charge is 0.492 e. The third kappa shape index (κ3) is 6.02. The highest BCUT2D eigenvalue weighted by Crippen LogP contribution is 2.35. The molecule has 2 heterocycles. The average Bonchev–Trinajstić information content (AvgIpc) is 3.21. The van der Waals surface area contributed by atoms with Crippen molar-refractivity contribution in [2.24, 2.45) is 7.05 Å². The lowest BCUT2D eigenvalue weighted by molar-refractivity contribution is -0.134. The van der Waals surface area contributed by atoms with Gasteiger partial charge >= 0.3 is 0 Å². The summed E-state index contributed by atoms with van der Waals surface area (Å²) in [6.45, 7) is 0.652. The van der Waals surface area contributed by atoms with E-state index in [0.717, 1.165) is 0 Å². The van der Waals surface area contributed by atoms with Crippen molar-refractivity contribution in [1.82, 2.24) is 20.3 Å². The van der Waals surface area contributed by atoms with Crippen molar-refractivity contribution in [1.29, 1.82) is 0 Å². The molecule has 1 aliphatic rings. The second-order valence-electron chi connectivity index (χ2n) is 7.43. The number of imidazole rings is 1. The minimum atomic E-state index is -4.09. The SMILES string of the molecule is Cl.Cn1cnc(CC(=O)NCCOc2ccc(S(=O)(=O)C3(C(=O)NO)CCOCC3)cc2)c1. The van der Waals surface area contributed by atoms with Gasteiger partial charge in [-0.25, -0.2) is 18.9 Å². The van der Waals surface area contributed by atoms with Gasteiger partial charge in [0.15, 0.2) is 14.6 Å². The Morgan fingerprint density at radius 2 is 1.91 bits per heavy atom. The minimum Gasteiger partial charge on any atom is -0.492 e. The topological polar surface area (TPSA) is 149 Å². The number of nitrogens with zero attached hydrogens (tertiary/aromatic N) is 2. The maximum Gasteiger partial charge on any atom is 0.265 e. The van der Waals surface area contributed by atoms with Gasteiger partial charge in [0.25, 0.3) is 5.91 Å². The summed E-state index contributed by atoms with van der Waals surface area (Å²) >= 11 is 0. The van der Waals surface area contributed by atoms with Crippen LogP contribution in [0.5, 0.6) is 5.75 Å². The fraction of sp³-hybridized carbons (Fsp3) is 0.450. The molecular formula is C20H27ClN4O7S. The molecule has 2 amide bonds. The fourth-order valence-corrected chi connectivity index (χ4v) is 5.45. The number of hydroxylamine groups is 1. The number of carbonyl (C=O) groups excluding carboxylic acids is 2. The lowest BCUT2D eigenvalue weighted by Gasteiger charge is -2.34. The number of aromatic nitrogens is 2. The van der Waals surface area contributed by atoms with Crippen molar-refractivity contribution in [2.75, 3.05) is 26.4 Å². The van der Waals surface area contributed by atoms with Gasteiger partial charge in [0.1, 0.15) is 12.4 Å². The van der Waals surface area contributed by atoms with Crippen molar-refractivity contribution < 1.29 is 32.7 Å². The molecule has 0 aliphatic carbocycles. The Balaban J connectivity index is 0.00000385.